The fraction of sp³-hybridized carbons (Fsp3) is 0.294. The molecule has 120 valence electrons. The molecule has 23 heavy (non-hydrogen) atoms. The van der Waals surface area contributed by atoms with E-state index in [0.717, 1.165) is 16.0 Å². The number of ether oxygens (including phenoxy) is 1. The van der Waals surface area contributed by atoms with E-state index in [-0.39, 0.29) is 0 Å². The highest BCUT2D eigenvalue weighted by Gasteiger charge is 2.17. The number of carbonyl (C=O) groups excluding carboxylic acids is 1. The van der Waals surface area contributed by atoms with Crippen molar-refractivity contribution in [2.75, 3.05) is 6.61 Å². The maximum absolute atomic E-state index is 11.8. The molecule has 2 aromatic heterocycles. The third-order valence-electron chi connectivity index (χ3n) is 3.60. The number of rotatable bonds is 4. The lowest BCUT2D eigenvalue weighted by molar-refractivity contribution is 0.0520. The summed E-state index contributed by atoms with van der Waals surface area (Å²) < 4.78 is 6.99. The van der Waals surface area contributed by atoms with Crippen molar-refractivity contribution in [3.8, 4) is 5.13 Å². The molecule has 0 saturated carbocycles. The molecule has 0 aliphatic heterocycles. The number of hydrogen-bond acceptors (Lipinski definition) is 4. The van der Waals surface area contributed by atoms with Crippen LogP contribution in [0.1, 0.15) is 42.7 Å². The summed E-state index contributed by atoms with van der Waals surface area (Å²) in [6.07, 6.45) is 2.07. The molecule has 0 aliphatic carbocycles. The first kappa shape index (κ1) is 16.0. The summed E-state index contributed by atoms with van der Waals surface area (Å²) in [5.74, 6) is -0.0157. The van der Waals surface area contributed by atoms with E-state index in [1.165, 1.54) is 16.9 Å². The van der Waals surface area contributed by atoms with Gasteiger partial charge in [-0.05, 0) is 30.5 Å². The van der Waals surface area contributed by atoms with Gasteiger partial charge in [-0.25, -0.2) is 9.78 Å². The van der Waals surface area contributed by atoms with Gasteiger partial charge in [0.15, 0.2) is 10.8 Å². The second kappa shape index (κ2) is 6.34. The molecule has 0 radical (unpaired) electrons. The molecule has 0 atom stereocenters. The molecule has 0 bridgehead atoms. The van der Waals surface area contributed by atoms with E-state index in [9.17, 15) is 4.79 Å². The smallest absolute Gasteiger partial charge is 0.357 e. The maximum atomic E-state index is 11.8. The van der Waals surface area contributed by atoms with Crippen LogP contribution in [0.3, 0.4) is 0 Å². The van der Waals surface area contributed by atoms with E-state index in [2.05, 4.69) is 25.0 Å². The average molecular weight is 349 g/mol. The summed E-state index contributed by atoms with van der Waals surface area (Å²) >= 11 is 7.57. The first-order valence-electron chi connectivity index (χ1n) is 7.44. The first-order valence-corrected chi connectivity index (χ1v) is 8.70. The van der Waals surface area contributed by atoms with Gasteiger partial charge in [-0.3, -0.25) is 4.57 Å². The molecule has 3 rings (SSSR count). The van der Waals surface area contributed by atoms with Gasteiger partial charge >= 0.3 is 5.97 Å². The topological polar surface area (TPSA) is 44.1 Å². The number of fused-ring (bicyclic) bond motifs is 1. The maximum Gasteiger partial charge on any atom is 0.357 e. The molecule has 0 amide bonds. The number of thiazole rings is 1. The number of esters is 1. The van der Waals surface area contributed by atoms with E-state index >= 15 is 0 Å². The van der Waals surface area contributed by atoms with Crippen LogP contribution in [0.4, 0.5) is 0 Å². The van der Waals surface area contributed by atoms with Gasteiger partial charge < -0.3 is 4.74 Å². The molecule has 3 aromatic rings. The van der Waals surface area contributed by atoms with Crippen LogP contribution in [0.25, 0.3) is 16.0 Å². The Kier molecular flexibility index (Phi) is 4.41. The van der Waals surface area contributed by atoms with Crippen molar-refractivity contribution in [2.24, 2.45) is 0 Å². The average Bonchev–Trinajstić information content (AvgIpc) is 3.11. The van der Waals surface area contributed by atoms with E-state index in [4.69, 9.17) is 16.3 Å². The molecular formula is C17H17ClN2O2S. The summed E-state index contributed by atoms with van der Waals surface area (Å²) in [7, 11) is 0. The molecular weight excluding hydrogens is 332 g/mol. The van der Waals surface area contributed by atoms with Crippen LogP contribution in [0.2, 0.25) is 5.02 Å². The number of benzene rings is 1. The van der Waals surface area contributed by atoms with E-state index in [0.29, 0.717) is 23.2 Å². The summed E-state index contributed by atoms with van der Waals surface area (Å²) in [6.45, 7) is 6.42. The molecule has 1 aromatic carbocycles. The monoisotopic (exact) mass is 348 g/mol. The highest BCUT2D eigenvalue weighted by atomic mass is 35.5. The predicted molar refractivity (Wildman–Crippen MR) is 94.0 cm³/mol. The van der Waals surface area contributed by atoms with Crippen LogP contribution >= 0.6 is 22.9 Å². The zero-order chi connectivity index (χ0) is 16.6. The van der Waals surface area contributed by atoms with Crippen molar-refractivity contribution in [3.63, 3.8) is 0 Å². The van der Waals surface area contributed by atoms with Gasteiger partial charge in [0.05, 0.1) is 12.1 Å². The molecule has 2 heterocycles. The van der Waals surface area contributed by atoms with Gasteiger partial charge in [0.25, 0.3) is 0 Å². The summed E-state index contributed by atoms with van der Waals surface area (Å²) in [4.78, 5) is 16.2. The van der Waals surface area contributed by atoms with E-state index in [1.807, 2.05) is 22.8 Å². The van der Waals surface area contributed by atoms with Crippen LogP contribution in [0, 0.1) is 0 Å². The van der Waals surface area contributed by atoms with Crippen molar-refractivity contribution < 1.29 is 9.53 Å². The van der Waals surface area contributed by atoms with Crippen molar-refractivity contribution >= 4 is 39.8 Å². The van der Waals surface area contributed by atoms with Crippen LogP contribution < -0.4 is 0 Å². The van der Waals surface area contributed by atoms with Crippen molar-refractivity contribution in [1.29, 1.82) is 0 Å². The lowest BCUT2D eigenvalue weighted by atomic mass is 10.0. The summed E-state index contributed by atoms with van der Waals surface area (Å²) in [5.41, 5.74) is 2.55. The third kappa shape index (κ3) is 2.99. The minimum atomic E-state index is -0.395. The highest BCUT2D eigenvalue weighted by molar-refractivity contribution is 7.12. The second-order valence-electron chi connectivity index (χ2n) is 5.51. The molecule has 0 aliphatic rings. The van der Waals surface area contributed by atoms with Gasteiger partial charge in [-0.2, -0.15) is 0 Å². The van der Waals surface area contributed by atoms with Gasteiger partial charge in [0.2, 0.25) is 0 Å². The van der Waals surface area contributed by atoms with Crippen LogP contribution in [0.15, 0.2) is 29.8 Å². The minimum absolute atomic E-state index is 0.335. The molecule has 0 saturated heterocycles. The molecule has 0 spiro atoms. The number of halogens is 1. The molecule has 6 heteroatoms. The van der Waals surface area contributed by atoms with Gasteiger partial charge in [-0.15, -0.1) is 11.3 Å². The number of hydrogen-bond donors (Lipinski definition) is 0. The Bertz CT molecular complexity index is 867. The number of nitrogens with zero attached hydrogens (tertiary/aromatic N) is 2. The van der Waals surface area contributed by atoms with E-state index in [1.54, 1.807) is 12.3 Å². The fourth-order valence-corrected chi connectivity index (χ4v) is 3.47. The van der Waals surface area contributed by atoms with Crippen molar-refractivity contribution in [1.82, 2.24) is 9.55 Å². The van der Waals surface area contributed by atoms with Gasteiger partial charge in [0, 0.05) is 22.0 Å². The number of aromatic nitrogens is 2. The van der Waals surface area contributed by atoms with Crippen LogP contribution in [-0.4, -0.2) is 22.1 Å². The summed E-state index contributed by atoms with van der Waals surface area (Å²) in [6, 6.07) is 5.85. The van der Waals surface area contributed by atoms with Crippen molar-refractivity contribution in [3.05, 3.63) is 46.1 Å². The minimum Gasteiger partial charge on any atom is -0.461 e. The normalized spacial score (nSPS) is 11.3. The quantitative estimate of drug-likeness (QED) is 0.620. The molecule has 4 nitrogen and oxygen atoms in total. The highest BCUT2D eigenvalue weighted by Crippen LogP contribution is 2.32. The van der Waals surface area contributed by atoms with E-state index < -0.39 is 5.97 Å². The standard InChI is InChI=1S/C17H17ClN2O2S/c1-4-22-16(21)14-9-23-17(19-14)20-8-13(10(2)3)12-6-5-11(18)7-15(12)20/h5-10H,4H2,1-3H3. The lowest BCUT2D eigenvalue weighted by Gasteiger charge is -2.01. The summed E-state index contributed by atoms with van der Waals surface area (Å²) in [5, 5.41) is 4.28. The Morgan fingerprint density at radius 3 is 2.91 bits per heavy atom. The SMILES string of the molecule is CCOC(=O)c1csc(-n2cc(C(C)C)c3ccc(Cl)cc32)n1. The van der Waals surface area contributed by atoms with Gasteiger partial charge in [0.1, 0.15) is 0 Å². The van der Waals surface area contributed by atoms with Gasteiger partial charge in [-0.1, -0.05) is 31.5 Å². The zero-order valence-corrected chi connectivity index (χ0v) is 14.7. The fourth-order valence-electron chi connectivity index (χ4n) is 2.52. The second-order valence-corrected chi connectivity index (χ2v) is 6.78. The van der Waals surface area contributed by atoms with Crippen LogP contribution in [0.5, 0.6) is 0 Å². The molecule has 0 N–H and O–H groups in total. The Labute approximate surface area is 143 Å². The lowest BCUT2D eigenvalue weighted by Crippen LogP contribution is -2.05. The molecule has 0 fully saturated rings. The Hall–Kier alpha value is -1.85. The largest absolute Gasteiger partial charge is 0.461 e. The Balaban J connectivity index is 2.13. The Morgan fingerprint density at radius 2 is 2.22 bits per heavy atom. The van der Waals surface area contributed by atoms with Crippen LogP contribution in [-0.2, 0) is 4.74 Å². The number of carbonyl (C=O) groups is 1. The zero-order valence-electron chi connectivity index (χ0n) is 13.2. The third-order valence-corrected chi connectivity index (χ3v) is 4.68. The first-order chi connectivity index (χ1) is 11.0. The Morgan fingerprint density at radius 1 is 1.43 bits per heavy atom. The van der Waals surface area contributed by atoms with Crippen molar-refractivity contribution in [2.45, 2.75) is 26.7 Å². The predicted octanol–water partition coefficient (Wildman–Crippen LogP) is 5.04. The molecule has 0 unspecified atom stereocenters.